The smallest absolute Gasteiger partial charge is 0.238 e. The molecule has 17 heavy (non-hydrogen) atoms. The van der Waals surface area contributed by atoms with Crippen molar-refractivity contribution in [3.8, 4) is 5.75 Å². The summed E-state index contributed by atoms with van der Waals surface area (Å²) in [6.07, 6.45) is 0. The minimum absolute atomic E-state index is 0.00252. The fourth-order valence-corrected chi connectivity index (χ4v) is 1.49. The number of carbonyl (C=O) groups excluding carboxylic acids is 1. The highest BCUT2D eigenvalue weighted by Gasteiger charge is 2.09. The summed E-state index contributed by atoms with van der Waals surface area (Å²) in [6.45, 7) is 4.13. The molecule has 0 aliphatic rings. The maximum absolute atomic E-state index is 11.6. The molecule has 0 heterocycles. The van der Waals surface area contributed by atoms with Gasteiger partial charge in [0.05, 0.1) is 18.8 Å². The first-order valence-electron chi connectivity index (χ1n) is 5.47. The molecule has 0 saturated heterocycles. The number of hydrogen-bond donors (Lipinski definition) is 4. The van der Waals surface area contributed by atoms with E-state index in [0.29, 0.717) is 17.8 Å². The molecule has 1 amide bonds. The van der Waals surface area contributed by atoms with Crippen LogP contribution in [0.1, 0.15) is 11.1 Å². The van der Waals surface area contributed by atoms with E-state index in [9.17, 15) is 9.90 Å². The molecular formula is C12H18N2O3. The number of nitrogens with one attached hydrogen (secondary N) is 2. The molecule has 1 aromatic rings. The van der Waals surface area contributed by atoms with Crippen molar-refractivity contribution in [1.82, 2.24) is 5.32 Å². The van der Waals surface area contributed by atoms with E-state index < -0.39 is 0 Å². The van der Waals surface area contributed by atoms with Crippen LogP contribution in [0.4, 0.5) is 5.69 Å². The molecule has 0 unspecified atom stereocenters. The zero-order valence-corrected chi connectivity index (χ0v) is 10.1. The molecule has 0 fully saturated rings. The molecule has 0 bridgehead atoms. The van der Waals surface area contributed by atoms with E-state index >= 15 is 0 Å². The van der Waals surface area contributed by atoms with Crippen molar-refractivity contribution in [2.75, 3.05) is 25.0 Å². The zero-order valence-electron chi connectivity index (χ0n) is 10.1. The van der Waals surface area contributed by atoms with Crippen LogP contribution in [0.25, 0.3) is 0 Å². The van der Waals surface area contributed by atoms with Gasteiger partial charge in [0.25, 0.3) is 0 Å². The Morgan fingerprint density at radius 2 is 2.06 bits per heavy atom. The number of aromatic hydroxyl groups is 1. The minimum atomic E-state index is -0.199. The lowest BCUT2D eigenvalue weighted by molar-refractivity contribution is -0.115. The van der Waals surface area contributed by atoms with Crippen LogP contribution in [0.2, 0.25) is 0 Å². The van der Waals surface area contributed by atoms with Gasteiger partial charge in [0.2, 0.25) is 5.91 Å². The Kier molecular flexibility index (Phi) is 4.93. The lowest BCUT2D eigenvalue weighted by Gasteiger charge is -2.13. The lowest BCUT2D eigenvalue weighted by atomic mass is 10.1. The van der Waals surface area contributed by atoms with Gasteiger partial charge >= 0.3 is 0 Å². The molecule has 0 atom stereocenters. The summed E-state index contributed by atoms with van der Waals surface area (Å²) in [5.74, 6) is -0.0375. The van der Waals surface area contributed by atoms with E-state index in [1.807, 2.05) is 6.92 Å². The highest BCUT2D eigenvalue weighted by Crippen LogP contribution is 2.27. The van der Waals surface area contributed by atoms with Crippen molar-refractivity contribution >= 4 is 11.6 Å². The number of anilines is 1. The molecule has 1 rings (SSSR count). The number of carbonyl (C=O) groups is 1. The summed E-state index contributed by atoms with van der Waals surface area (Å²) in [6, 6.07) is 3.35. The third-order valence-corrected chi connectivity index (χ3v) is 2.48. The van der Waals surface area contributed by atoms with Gasteiger partial charge in [-0.1, -0.05) is 6.07 Å². The van der Waals surface area contributed by atoms with Gasteiger partial charge in [-0.3, -0.25) is 4.79 Å². The van der Waals surface area contributed by atoms with Gasteiger partial charge in [0.1, 0.15) is 5.75 Å². The number of rotatable bonds is 5. The molecule has 4 N–H and O–H groups in total. The van der Waals surface area contributed by atoms with Crippen LogP contribution in [0.15, 0.2) is 12.1 Å². The summed E-state index contributed by atoms with van der Waals surface area (Å²) >= 11 is 0. The number of aliphatic hydroxyl groups is 1. The van der Waals surface area contributed by atoms with E-state index in [2.05, 4.69) is 10.6 Å². The molecule has 1 aromatic carbocycles. The average molecular weight is 238 g/mol. The third kappa shape index (κ3) is 3.72. The van der Waals surface area contributed by atoms with Crippen molar-refractivity contribution in [1.29, 1.82) is 0 Å². The van der Waals surface area contributed by atoms with Gasteiger partial charge in [-0.25, -0.2) is 0 Å². The lowest BCUT2D eigenvalue weighted by Crippen LogP contribution is -2.30. The fourth-order valence-electron chi connectivity index (χ4n) is 1.49. The van der Waals surface area contributed by atoms with Gasteiger partial charge in [-0.2, -0.15) is 0 Å². The second kappa shape index (κ2) is 6.22. The second-order valence-corrected chi connectivity index (χ2v) is 3.85. The van der Waals surface area contributed by atoms with Gasteiger partial charge in [-0.15, -0.1) is 0 Å². The average Bonchev–Trinajstić information content (AvgIpc) is 2.30. The maximum atomic E-state index is 11.6. The van der Waals surface area contributed by atoms with E-state index in [0.717, 1.165) is 5.56 Å². The Balaban J connectivity index is 2.68. The highest BCUT2D eigenvalue weighted by molar-refractivity contribution is 5.94. The van der Waals surface area contributed by atoms with Crippen LogP contribution in [0.5, 0.6) is 5.75 Å². The molecule has 0 aliphatic heterocycles. The van der Waals surface area contributed by atoms with Crippen LogP contribution >= 0.6 is 0 Å². The topological polar surface area (TPSA) is 81.6 Å². The zero-order chi connectivity index (χ0) is 12.8. The van der Waals surface area contributed by atoms with Crippen molar-refractivity contribution in [3.63, 3.8) is 0 Å². The number of phenolic OH excluding ortho intramolecular Hbond substituents is 1. The van der Waals surface area contributed by atoms with Crippen LogP contribution < -0.4 is 10.6 Å². The van der Waals surface area contributed by atoms with Gasteiger partial charge in [0.15, 0.2) is 0 Å². The number of amides is 1. The Bertz CT molecular complexity index is 405. The molecule has 0 aliphatic carbocycles. The van der Waals surface area contributed by atoms with E-state index in [1.165, 1.54) is 0 Å². The molecule has 5 nitrogen and oxygen atoms in total. The van der Waals surface area contributed by atoms with E-state index in [4.69, 9.17) is 5.11 Å². The van der Waals surface area contributed by atoms with Crippen LogP contribution in [0.3, 0.4) is 0 Å². The number of phenols is 1. The molecular weight excluding hydrogens is 220 g/mol. The summed E-state index contributed by atoms with van der Waals surface area (Å²) in [5, 5.41) is 23.6. The Morgan fingerprint density at radius 3 is 2.71 bits per heavy atom. The van der Waals surface area contributed by atoms with E-state index in [1.54, 1.807) is 19.1 Å². The normalized spacial score (nSPS) is 10.3. The molecule has 0 saturated carbocycles. The molecule has 0 radical (unpaired) electrons. The number of hydrogen-bond acceptors (Lipinski definition) is 4. The van der Waals surface area contributed by atoms with Gasteiger partial charge in [0, 0.05) is 12.1 Å². The third-order valence-electron chi connectivity index (χ3n) is 2.48. The standard InChI is InChI=1S/C12H18N2O3/c1-8-3-4-10(16)9(2)12(8)14-11(17)7-13-5-6-15/h3-4,13,15-16H,5-7H2,1-2H3,(H,14,17). The van der Waals surface area contributed by atoms with Crippen molar-refractivity contribution in [2.24, 2.45) is 0 Å². The second-order valence-electron chi connectivity index (χ2n) is 3.85. The molecule has 94 valence electrons. The quantitative estimate of drug-likeness (QED) is 0.564. The van der Waals surface area contributed by atoms with Crippen LogP contribution in [-0.2, 0) is 4.79 Å². The first-order valence-corrected chi connectivity index (χ1v) is 5.47. The van der Waals surface area contributed by atoms with Crippen molar-refractivity contribution in [3.05, 3.63) is 23.3 Å². The Labute approximate surface area is 100 Å². The maximum Gasteiger partial charge on any atom is 0.238 e. The first kappa shape index (κ1) is 13.5. The summed E-state index contributed by atoms with van der Waals surface area (Å²) < 4.78 is 0. The monoisotopic (exact) mass is 238 g/mol. The van der Waals surface area contributed by atoms with Crippen LogP contribution in [0, 0.1) is 13.8 Å². The molecule has 5 heteroatoms. The van der Waals surface area contributed by atoms with Gasteiger partial charge < -0.3 is 20.8 Å². The SMILES string of the molecule is Cc1ccc(O)c(C)c1NC(=O)CNCCO. The summed E-state index contributed by atoms with van der Waals surface area (Å²) in [4.78, 5) is 11.6. The number of benzene rings is 1. The van der Waals surface area contributed by atoms with Crippen LogP contribution in [-0.4, -0.2) is 35.8 Å². The predicted octanol–water partition coefficient (Wildman–Crippen LogP) is 0.529. The largest absolute Gasteiger partial charge is 0.508 e. The molecule has 0 aromatic heterocycles. The van der Waals surface area contributed by atoms with E-state index in [-0.39, 0.29) is 24.8 Å². The number of aliphatic hydroxyl groups excluding tert-OH is 1. The minimum Gasteiger partial charge on any atom is -0.508 e. The summed E-state index contributed by atoms with van der Waals surface area (Å²) in [5.41, 5.74) is 2.19. The fraction of sp³-hybridized carbons (Fsp3) is 0.417. The first-order chi connectivity index (χ1) is 8.06. The van der Waals surface area contributed by atoms with Crippen molar-refractivity contribution < 1.29 is 15.0 Å². The highest BCUT2D eigenvalue weighted by atomic mass is 16.3. The predicted molar refractivity (Wildman–Crippen MR) is 66.2 cm³/mol. The van der Waals surface area contributed by atoms with Crippen molar-refractivity contribution in [2.45, 2.75) is 13.8 Å². The summed E-state index contributed by atoms with van der Waals surface area (Å²) in [7, 11) is 0. The Hall–Kier alpha value is -1.59. The molecule has 0 spiro atoms. The Morgan fingerprint density at radius 1 is 1.35 bits per heavy atom. The number of aryl methyl sites for hydroxylation is 1. The van der Waals surface area contributed by atoms with Gasteiger partial charge in [-0.05, 0) is 25.5 Å².